The lowest BCUT2D eigenvalue weighted by Crippen LogP contribution is -2.50. The van der Waals surface area contributed by atoms with E-state index in [-0.39, 0.29) is 12.1 Å². The predicted molar refractivity (Wildman–Crippen MR) is 84.2 cm³/mol. The first-order chi connectivity index (χ1) is 11.2. The van der Waals surface area contributed by atoms with Crippen molar-refractivity contribution < 1.29 is 28.9 Å². The van der Waals surface area contributed by atoms with Gasteiger partial charge in [-0.15, -0.1) is 0 Å². The monoisotopic (exact) mass is 338 g/mol. The summed E-state index contributed by atoms with van der Waals surface area (Å²) < 4.78 is 15.8. The molecule has 1 aliphatic rings. The number of amides is 1. The van der Waals surface area contributed by atoms with Gasteiger partial charge >= 0.3 is 12.1 Å². The fourth-order valence-corrected chi connectivity index (χ4v) is 2.09. The fraction of sp³-hybridized carbons (Fsp3) is 0.562. The van der Waals surface area contributed by atoms with Crippen molar-refractivity contribution in [3.63, 3.8) is 0 Å². The molecular formula is C16H22N2O6. The highest BCUT2D eigenvalue weighted by atomic mass is 16.6. The molecule has 0 spiro atoms. The minimum atomic E-state index is -1.05. The number of nitrogens with one attached hydrogen (secondary N) is 1. The maximum Gasteiger partial charge on any atom is 0.407 e. The maximum atomic E-state index is 11.6. The van der Waals surface area contributed by atoms with Crippen molar-refractivity contribution in [2.75, 3.05) is 6.61 Å². The van der Waals surface area contributed by atoms with Gasteiger partial charge in [0.2, 0.25) is 5.88 Å². The van der Waals surface area contributed by atoms with Crippen molar-refractivity contribution in [2.24, 2.45) is 0 Å². The lowest BCUT2D eigenvalue weighted by Gasteiger charge is -2.35. The van der Waals surface area contributed by atoms with Gasteiger partial charge in [0.05, 0.1) is 6.20 Å². The van der Waals surface area contributed by atoms with Gasteiger partial charge < -0.3 is 24.6 Å². The Kier molecular flexibility index (Phi) is 5.48. The number of carboxylic acid groups (broad SMARTS) is 1. The van der Waals surface area contributed by atoms with E-state index in [9.17, 15) is 9.59 Å². The number of carboxylic acids is 1. The van der Waals surface area contributed by atoms with E-state index >= 15 is 0 Å². The molecule has 0 aliphatic heterocycles. The van der Waals surface area contributed by atoms with Crippen LogP contribution in [0.1, 0.15) is 33.6 Å². The summed E-state index contributed by atoms with van der Waals surface area (Å²) in [6.07, 6.45) is 2.32. The lowest BCUT2D eigenvalue weighted by atomic mass is 9.89. The smallest absolute Gasteiger partial charge is 0.407 e. The second-order valence-electron chi connectivity index (χ2n) is 6.57. The summed E-state index contributed by atoms with van der Waals surface area (Å²) >= 11 is 0. The van der Waals surface area contributed by atoms with Gasteiger partial charge in [-0.1, -0.05) is 0 Å². The molecule has 0 atom stereocenters. The predicted octanol–water partition coefficient (Wildman–Crippen LogP) is 1.98. The third-order valence-corrected chi connectivity index (χ3v) is 3.17. The van der Waals surface area contributed by atoms with E-state index in [4.69, 9.17) is 19.3 Å². The van der Waals surface area contributed by atoms with E-state index in [0.717, 1.165) is 0 Å². The molecule has 2 N–H and O–H groups in total. The molecule has 0 radical (unpaired) electrons. The fourth-order valence-electron chi connectivity index (χ4n) is 2.09. The number of hydrogen-bond acceptors (Lipinski definition) is 6. The number of carbonyl (C=O) groups is 2. The first kappa shape index (κ1) is 17.8. The number of aromatic nitrogens is 1. The lowest BCUT2D eigenvalue weighted by molar-refractivity contribution is -0.139. The summed E-state index contributed by atoms with van der Waals surface area (Å²) in [6.45, 7) is 5.03. The Bertz CT molecular complexity index is 575. The molecule has 1 heterocycles. The van der Waals surface area contributed by atoms with Crippen molar-refractivity contribution in [1.82, 2.24) is 10.3 Å². The van der Waals surface area contributed by atoms with E-state index in [0.29, 0.717) is 24.5 Å². The van der Waals surface area contributed by atoms with E-state index in [1.165, 1.54) is 6.20 Å². The van der Waals surface area contributed by atoms with Crippen LogP contribution in [-0.2, 0) is 9.53 Å². The van der Waals surface area contributed by atoms with E-state index in [2.05, 4.69) is 10.3 Å². The Balaban J connectivity index is 1.69. The number of pyridine rings is 1. The van der Waals surface area contributed by atoms with Crippen LogP contribution in [0.2, 0.25) is 0 Å². The Labute approximate surface area is 140 Å². The van der Waals surface area contributed by atoms with Crippen molar-refractivity contribution >= 4 is 12.1 Å². The number of ether oxygens (including phenoxy) is 3. The summed E-state index contributed by atoms with van der Waals surface area (Å²) in [6, 6.07) is 3.25. The molecule has 24 heavy (non-hydrogen) atoms. The molecule has 1 aromatic heterocycles. The van der Waals surface area contributed by atoms with Gasteiger partial charge in [0.25, 0.3) is 0 Å². The minimum absolute atomic E-state index is 0.0248. The van der Waals surface area contributed by atoms with Crippen LogP contribution >= 0.6 is 0 Å². The Morgan fingerprint density at radius 2 is 2.04 bits per heavy atom. The third-order valence-electron chi connectivity index (χ3n) is 3.17. The largest absolute Gasteiger partial charge is 0.480 e. The molecule has 0 saturated heterocycles. The van der Waals surface area contributed by atoms with Crippen molar-refractivity contribution in [1.29, 1.82) is 0 Å². The molecule has 1 aromatic rings. The Morgan fingerprint density at radius 3 is 2.58 bits per heavy atom. The van der Waals surface area contributed by atoms with Crippen LogP contribution in [0.15, 0.2) is 18.3 Å². The van der Waals surface area contributed by atoms with Gasteiger partial charge in [-0.2, -0.15) is 0 Å². The Hall–Kier alpha value is -2.51. The average Bonchev–Trinajstić information content (AvgIpc) is 2.42. The zero-order valence-electron chi connectivity index (χ0n) is 13.9. The highest BCUT2D eigenvalue weighted by Gasteiger charge is 2.33. The summed E-state index contributed by atoms with van der Waals surface area (Å²) in [5.74, 6) is -0.255. The van der Waals surface area contributed by atoms with Gasteiger partial charge in [-0.25, -0.2) is 14.6 Å². The van der Waals surface area contributed by atoms with Gasteiger partial charge in [0, 0.05) is 24.9 Å². The van der Waals surface area contributed by atoms with Crippen molar-refractivity contribution in [3.05, 3.63) is 18.3 Å². The van der Waals surface area contributed by atoms with Crippen LogP contribution < -0.4 is 14.8 Å². The van der Waals surface area contributed by atoms with E-state index < -0.39 is 24.3 Å². The quantitative estimate of drug-likeness (QED) is 0.816. The average molecular weight is 338 g/mol. The zero-order valence-corrected chi connectivity index (χ0v) is 13.9. The molecule has 1 saturated carbocycles. The minimum Gasteiger partial charge on any atom is -0.480 e. The van der Waals surface area contributed by atoms with Gasteiger partial charge in [0.1, 0.15) is 17.5 Å². The van der Waals surface area contributed by atoms with Crippen LogP contribution in [0.25, 0.3) is 0 Å². The van der Waals surface area contributed by atoms with Crippen LogP contribution in [-0.4, -0.2) is 46.5 Å². The van der Waals surface area contributed by atoms with Gasteiger partial charge in [0.15, 0.2) is 6.61 Å². The molecule has 132 valence electrons. The summed E-state index contributed by atoms with van der Waals surface area (Å²) in [7, 11) is 0. The normalized spacial score (nSPS) is 19.8. The van der Waals surface area contributed by atoms with Gasteiger partial charge in [-0.05, 0) is 26.8 Å². The third kappa shape index (κ3) is 5.94. The number of hydrogen-bond donors (Lipinski definition) is 2. The topological polar surface area (TPSA) is 107 Å². The standard InChI is InChI=1S/C16H22N2O6/c1-16(2,3)24-15(21)18-10-6-12(7-10)23-13-5-4-11(8-17-13)22-9-14(19)20/h4-5,8,10,12H,6-7,9H2,1-3H3,(H,18,21)(H,19,20). The number of aliphatic carboxylic acids is 1. The first-order valence-electron chi connectivity index (χ1n) is 7.68. The summed E-state index contributed by atoms with van der Waals surface area (Å²) in [5, 5.41) is 11.3. The van der Waals surface area contributed by atoms with Crippen molar-refractivity contribution in [3.8, 4) is 11.6 Å². The molecule has 8 nitrogen and oxygen atoms in total. The second kappa shape index (κ2) is 7.37. The number of rotatable bonds is 6. The second-order valence-corrected chi connectivity index (χ2v) is 6.57. The maximum absolute atomic E-state index is 11.6. The SMILES string of the molecule is CC(C)(C)OC(=O)NC1CC(Oc2ccc(OCC(=O)O)cn2)C1. The molecule has 1 aliphatic carbocycles. The molecule has 0 bridgehead atoms. The Morgan fingerprint density at radius 1 is 1.33 bits per heavy atom. The molecular weight excluding hydrogens is 316 g/mol. The number of carbonyl (C=O) groups excluding carboxylic acids is 1. The molecule has 0 aromatic carbocycles. The highest BCUT2D eigenvalue weighted by Crippen LogP contribution is 2.26. The zero-order chi connectivity index (χ0) is 17.7. The molecule has 8 heteroatoms. The number of nitrogens with zero attached hydrogens (tertiary/aromatic N) is 1. The van der Waals surface area contributed by atoms with Gasteiger partial charge in [-0.3, -0.25) is 0 Å². The van der Waals surface area contributed by atoms with Crippen molar-refractivity contribution in [2.45, 2.75) is 51.4 Å². The molecule has 1 amide bonds. The summed E-state index contributed by atoms with van der Waals surface area (Å²) in [4.78, 5) is 26.1. The molecule has 2 rings (SSSR count). The van der Waals surface area contributed by atoms with Crippen LogP contribution in [0.3, 0.4) is 0 Å². The van der Waals surface area contributed by atoms with E-state index in [1.807, 2.05) is 20.8 Å². The van der Waals surface area contributed by atoms with Crippen LogP contribution in [0, 0.1) is 0 Å². The molecule has 0 unspecified atom stereocenters. The van der Waals surface area contributed by atoms with E-state index in [1.54, 1.807) is 12.1 Å². The number of alkyl carbamates (subject to hydrolysis) is 1. The molecule has 1 fully saturated rings. The first-order valence-corrected chi connectivity index (χ1v) is 7.68. The van der Waals surface area contributed by atoms with Crippen LogP contribution in [0.5, 0.6) is 11.6 Å². The highest BCUT2D eigenvalue weighted by molar-refractivity contribution is 5.68. The summed E-state index contributed by atoms with van der Waals surface area (Å²) in [5.41, 5.74) is -0.516. The van der Waals surface area contributed by atoms with Crippen LogP contribution in [0.4, 0.5) is 4.79 Å².